The summed E-state index contributed by atoms with van der Waals surface area (Å²) < 4.78 is 16.9. The minimum absolute atomic E-state index is 0.0484. The standard InChI is InChI=1S/C22H24ClFN2O3/c23-17-18-14(20(27)15(21(28)29)12-26(18)13-3-4-13)11-16(24)19(17)25-9-7-22(8-10-25)5-1-2-6-22/h11-13H,1-10H2,(H,28,29). The number of hydrogen-bond donors (Lipinski definition) is 1. The van der Waals surface area contributed by atoms with Crippen molar-refractivity contribution in [1.82, 2.24) is 4.57 Å². The van der Waals surface area contributed by atoms with Crippen molar-refractivity contribution in [2.24, 2.45) is 5.41 Å². The van der Waals surface area contributed by atoms with Gasteiger partial charge in [0.2, 0.25) is 5.43 Å². The van der Waals surface area contributed by atoms with Crippen LogP contribution in [0, 0.1) is 11.2 Å². The van der Waals surface area contributed by atoms with Gasteiger partial charge in [-0.15, -0.1) is 0 Å². The third-order valence-corrected chi connectivity index (χ3v) is 7.52. The molecule has 2 aromatic rings. The molecule has 29 heavy (non-hydrogen) atoms. The lowest BCUT2D eigenvalue weighted by molar-refractivity contribution is 0.0695. The zero-order valence-corrected chi connectivity index (χ0v) is 17.0. The molecule has 2 saturated carbocycles. The van der Waals surface area contributed by atoms with E-state index < -0.39 is 17.2 Å². The molecular weight excluding hydrogens is 395 g/mol. The van der Waals surface area contributed by atoms with Crippen LogP contribution in [0.25, 0.3) is 10.9 Å². The van der Waals surface area contributed by atoms with Crippen LogP contribution in [0.1, 0.15) is 67.8 Å². The van der Waals surface area contributed by atoms with Gasteiger partial charge in [-0.1, -0.05) is 24.4 Å². The molecule has 1 N–H and O–H groups in total. The first kappa shape index (κ1) is 18.9. The third-order valence-electron chi connectivity index (χ3n) is 7.16. The number of carbonyl (C=O) groups is 1. The molecule has 0 amide bonds. The predicted molar refractivity (Wildman–Crippen MR) is 111 cm³/mol. The van der Waals surface area contributed by atoms with E-state index in [4.69, 9.17) is 11.6 Å². The maximum atomic E-state index is 15.2. The van der Waals surface area contributed by atoms with Gasteiger partial charge in [0.15, 0.2) is 0 Å². The van der Waals surface area contributed by atoms with E-state index in [1.807, 2.05) is 4.90 Å². The average molecular weight is 419 g/mol. The van der Waals surface area contributed by atoms with Gasteiger partial charge < -0.3 is 14.6 Å². The van der Waals surface area contributed by atoms with Crippen molar-refractivity contribution in [3.63, 3.8) is 0 Å². The summed E-state index contributed by atoms with van der Waals surface area (Å²) in [5.41, 5.74) is 0.197. The number of aromatic nitrogens is 1. The number of piperidine rings is 1. The molecule has 1 aromatic carbocycles. The van der Waals surface area contributed by atoms with Crippen molar-refractivity contribution >= 4 is 34.2 Å². The Balaban J connectivity index is 1.62. The first-order valence-corrected chi connectivity index (χ1v) is 10.8. The molecule has 0 atom stereocenters. The molecule has 0 radical (unpaired) electrons. The van der Waals surface area contributed by atoms with Crippen molar-refractivity contribution in [1.29, 1.82) is 0 Å². The van der Waals surface area contributed by atoms with E-state index in [1.165, 1.54) is 37.9 Å². The lowest BCUT2D eigenvalue weighted by Crippen LogP contribution is -2.39. The van der Waals surface area contributed by atoms with Crippen LogP contribution in [0.5, 0.6) is 0 Å². The third kappa shape index (κ3) is 3.03. The zero-order chi connectivity index (χ0) is 20.3. The highest BCUT2D eigenvalue weighted by atomic mass is 35.5. The Bertz CT molecular complexity index is 1060. The van der Waals surface area contributed by atoms with Gasteiger partial charge in [0.1, 0.15) is 11.4 Å². The number of pyridine rings is 1. The Kier molecular flexibility index (Phi) is 4.39. The van der Waals surface area contributed by atoms with Crippen LogP contribution >= 0.6 is 11.6 Å². The molecule has 2 aliphatic carbocycles. The molecule has 3 fully saturated rings. The number of carboxylic acid groups (broad SMARTS) is 1. The smallest absolute Gasteiger partial charge is 0.341 e. The molecule has 1 spiro atoms. The molecule has 2 heterocycles. The zero-order valence-electron chi connectivity index (χ0n) is 16.2. The largest absolute Gasteiger partial charge is 0.477 e. The summed E-state index contributed by atoms with van der Waals surface area (Å²) in [5, 5.41) is 9.68. The number of anilines is 1. The maximum absolute atomic E-state index is 15.2. The molecule has 0 bridgehead atoms. The molecule has 7 heteroatoms. The van der Waals surface area contributed by atoms with E-state index in [-0.39, 0.29) is 22.0 Å². The number of aromatic carboxylic acids is 1. The van der Waals surface area contributed by atoms with E-state index in [0.29, 0.717) is 16.6 Å². The molecule has 0 unspecified atom stereocenters. The van der Waals surface area contributed by atoms with Crippen LogP contribution in [0.15, 0.2) is 17.1 Å². The van der Waals surface area contributed by atoms with Gasteiger partial charge in [-0.3, -0.25) is 4.79 Å². The number of carboxylic acids is 1. The summed E-state index contributed by atoms with van der Waals surface area (Å²) in [6.45, 7) is 1.51. The van der Waals surface area contributed by atoms with Gasteiger partial charge in [0.05, 0.1) is 21.6 Å². The predicted octanol–water partition coefficient (Wildman–Crippen LogP) is 4.99. The molecule has 5 rings (SSSR count). The Hall–Kier alpha value is -2.08. The summed E-state index contributed by atoms with van der Waals surface area (Å²) in [5.74, 6) is -1.85. The monoisotopic (exact) mass is 418 g/mol. The Morgan fingerprint density at radius 2 is 1.83 bits per heavy atom. The fourth-order valence-corrected chi connectivity index (χ4v) is 5.75. The van der Waals surface area contributed by atoms with E-state index >= 15 is 4.39 Å². The van der Waals surface area contributed by atoms with E-state index in [9.17, 15) is 14.7 Å². The number of fused-ring (bicyclic) bond motifs is 1. The van der Waals surface area contributed by atoms with E-state index in [1.54, 1.807) is 4.57 Å². The first-order chi connectivity index (χ1) is 13.9. The van der Waals surface area contributed by atoms with Gasteiger partial charge in [0.25, 0.3) is 0 Å². The van der Waals surface area contributed by atoms with Gasteiger partial charge in [-0.2, -0.15) is 0 Å². The van der Waals surface area contributed by atoms with Crippen molar-refractivity contribution in [3.8, 4) is 0 Å². The van der Waals surface area contributed by atoms with Crippen molar-refractivity contribution in [3.05, 3.63) is 38.9 Å². The number of hydrogen-bond acceptors (Lipinski definition) is 3. The van der Waals surface area contributed by atoms with Gasteiger partial charge in [0, 0.05) is 25.3 Å². The normalized spacial score (nSPS) is 21.2. The summed E-state index contributed by atoms with van der Waals surface area (Å²) in [6.07, 6.45) is 10.3. The topological polar surface area (TPSA) is 62.5 Å². The molecular formula is C22H24ClFN2O3. The molecule has 1 saturated heterocycles. The van der Waals surface area contributed by atoms with Crippen LogP contribution in [-0.2, 0) is 0 Å². The van der Waals surface area contributed by atoms with Crippen molar-refractivity contribution in [2.75, 3.05) is 18.0 Å². The summed E-state index contributed by atoms with van der Waals surface area (Å²) in [4.78, 5) is 26.2. The number of benzene rings is 1. The van der Waals surface area contributed by atoms with Gasteiger partial charge >= 0.3 is 5.97 Å². The molecule has 1 aliphatic heterocycles. The fraction of sp³-hybridized carbons (Fsp3) is 0.545. The quantitative estimate of drug-likeness (QED) is 0.762. The minimum atomic E-state index is -1.30. The Labute approximate surface area is 173 Å². The van der Waals surface area contributed by atoms with Gasteiger partial charge in [-0.25, -0.2) is 9.18 Å². The SMILES string of the molecule is O=C(O)c1cn(C2CC2)c2c(Cl)c(N3CCC4(CCCC4)CC3)c(F)cc2c1=O. The second kappa shape index (κ2) is 6.73. The summed E-state index contributed by atoms with van der Waals surface area (Å²) in [6, 6.07) is 1.29. The highest BCUT2D eigenvalue weighted by molar-refractivity contribution is 6.38. The highest BCUT2D eigenvalue weighted by Crippen LogP contribution is 2.48. The van der Waals surface area contributed by atoms with Crippen LogP contribution in [0.4, 0.5) is 10.1 Å². The number of rotatable bonds is 3. The van der Waals surface area contributed by atoms with Crippen LogP contribution < -0.4 is 10.3 Å². The van der Waals surface area contributed by atoms with Crippen molar-refractivity contribution < 1.29 is 14.3 Å². The van der Waals surface area contributed by atoms with Crippen molar-refractivity contribution in [2.45, 2.75) is 57.4 Å². The van der Waals surface area contributed by atoms with Crippen LogP contribution in [0.2, 0.25) is 5.02 Å². The lowest BCUT2D eigenvalue weighted by Gasteiger charge is -2.41. The van der Waals surface area contributed by atoms with E-state index in [2.05, 4.69) is 0 Å². The minimum Gasteiger partial charge on any atom is -0.477 e. The summed E-state index contributed by atoms with van der Waals surface area (Å²) >= 11 is 6.72. The second-order valence-corrected chi connectivity index (χ2v) is 9.30. The maximum Gasteiger partial charge on any atom is 0.341 e. The summed E-state index contributed by atoms with van der Waals surface area (Å²) in [7, 11) is 0. The molecule has 154 valence electrons. The second-order valence-electron chi connectivity index (χ2n) is 8.93. The average Bonchev–Trinajstić information content (AvgIpc) is 3.44. The molecule has 3 aliphatic rings. The van der Waals surface area contributed by atoms with E-state index in [0.717, 1.165) is 38.8 Å². The van der Waals surface area contributed by atoms with Crippen LogP contribution in [0.3, 0.4) is 0 Å². The van der Waals surface area contributed by atoms with Gasteiger partial charge in [-0.05, 0) is 50.0 Å². The number of halogens is 2. The fourth-order valence-electron chi connectivity index (χ4n) is 5.34. The first-order valence-electron chi connectivity index (χ1n) is 10.5. The Morgan fingerprint density at radius 3 is 2.41 bits per heavy atom. The highest BCUT2D eigenvalue weighted by Gasteiger charge is 2.38. The molecule has 1 aromatic heterocycles. The molecule has 5 nitrogen and oxygen atoms in total. The Morgan fingerprint density at radius 1 is 1.17 bits per heavy atom. The van der Waals surface area contributed by atoms with Crippen LogP contribution in [-0.4, -0.2) is 28.7 Å². The lowest BCUT2D eigenvalue weighted by atomic mass is 9.77. The number of nitrogens with zero attached hydrogens (tertiary/aromatic N) is 2.